The number of piperazine rings is 1. The molecule has 0 amide bonds. The second-order valence-corrected chi connectivity index (χ2v) is 7.85. The third-order valence-corrected chi connectivity index (χ3v) is 5.96. The predicted octanol–water partition coefficient (Wildman–Crippen LogP) is 3.78. The van der Waals surface area contributed by atoms with Gasteiger partial charge in [0.05, 0.1) is 6.10 Å². The van der Waals surface area contributed by atoms with Crippen molar-refractivity contribution in [1.29, 1.82) is 0 Å². The van der Waals surface area contributed by atoms with E-state index in [-0.39, 0.29) is 0 Å². The van der Waals surface area contributed by atoms with Crippen LogP contribution in [0.3, 0.4) is 0 Å². The van der Waals surface area contributed by atoms with Crippen LogP contribution in [0.1, 0.15) is 65.7 Å². The number of hydrogen-bond acceptors (Lipinski definition) is 3. The average Bonchev–Trinajstić information content (AvgIpc) is 2.53. The molecule has 0 radical (unpaired) electrons. The molecule has 0 spiro atoms. The molecule has 1 saturated heterocycles. The van der Waals surface area contributed by atoms with Gasteiger partial charge in [-0.2, -0.15) is 0 Å². The van der Waals surface area contributed by atoms with Crippen molar-refractivity contribution in [3.05, 3.63) is 0 Å². The summed E-state index contributed by atoms with van der Waals surface area (Å²) in [6, 6.07) is 1.43. The lowest BCUT2D eigenvalue weighted by Gasteiger charge is -2.41. The molecule has 1 atom stereocenters. The summed E-state index contributed by atoms with van der Waals surface area (Å²) in [6.45, 7) is 12.1. The first-order valence-corrected chi connectivity index (χ1v) is 9.61. The molecule has 0 N–H and O–H groups in total. The molecular weight excluding hydrogens is 272 g/mol. The van der Waals surface area contributed by atoms with Gasteiger partial charge < -0.3 is 4.74 Å². The van der Waals surface area contributed by atoms with Crippen LogP contribution in [0, 0.1) is 5.92 Å². The Bertz CT molecular complexity index is 300. The molecule has 22 heavy (non-hydrogen) atoms. The van der Waals surface area contributed by atoms with Crippen LogP contribution in [-0.4, -0.2) is 61.3 Å². The Morgan fingerprint density at radius 1 is 1.05 bits per heavy atom. The fourth-order valence-corrected chi connectivity index (χ4v) is 4.23. The van der Waals surface area contributed by atoms with E-state index >= 15 is 0 Å². The van der Waals surface area contributed by atoms with Gasteiger partial charge in [-0.3, -0.25) is 9.80 Å². The third-order valence-electron chi connectivity index (χ3n) is 5.96. The van der Waals surface area contributed by atoms with Gasteiger partial charge in [-0.1, -0.05) is 12.8 Å². The average molecular weight is 311 g/mol. The zero-order valence-corrected chi connectivity index (χ0v) is 15.4. The minimum atomic E-state index is 0.550. The fourth-order valence-electron chi connectivity index (χ4n) is 4.23. The molecule has 0 bridgehead atoms. The molecule has 1 aliphatic carbocycles. The normalized spacial score (nSPS) is 31.8. The monoisotopic (exact) mass is 310 g/mol. The molecule has 0 unspecified atom stereocenters. The van der Waals surface area contributed by atoms with E-state index in [2.05, 4.69) is 30.6 Å². The van der Waals surface area contributed by atoms with E-state index < -0.39 is 0 Å². The van der Waals surface area contributed by atoms with Crippen molar-refractivity contribution in [2.45, 2.75) is 83.9 Å². The molecule has 0 aromatic heterocycles. The molecule has 3 nitrogen and oxygen atoms in total. The van der Waals surface area contributed by atoms with Gasteiger partial charge in [-0.05, 0) is 65.3 Å². The van der Waals surface area contributed by atoms with Gasteiger partial charge in [0, 0.05) is 38.8 Å². The van der Waals surface area contributed by atoms with Crippen LogP contribution < -0.4 is 0 Å². The Kier molecular flexibility index (Phi) is 7.66. The lowest BCUT2D eigenvalue weighted by molar-refractivity contribution is 0.0532. The molecular formula is C19H38N2O. The van der Waals surface area contributed by atoms with E-state index in [1.54, 1.807) is 0 Å². The fraction of sp³-hybridized carbons (Fsp3) is 1.00. The smallest absolute Gasteiger partial charge is 0.0571 e. The topological polar surface area (TPSA) is 15.7 Å². The van der Waals surface area contributed by atoms with Gasteiger partial charge >= 0.3 is 0 Å². The summed E-state index contributed by atoms with van der Waals surface area (Å²) in [5.41, 5.74) is 0. The van der Waals surface area contributed by atoms with E-state index in [0.717, 1.165) is 12.0 Å². The van der Waals surface area contributed by atoms with Crippen molar-refractivity contribution < 1.29 is 4.74 Å². The maximum atomic E-state index is 5.47. The van der Waals surface area contributed by atoms with Gasteiger partial charge in [-0.15, -0.1) is 0 Å². The first-order chi connectivity index (χ1) is 10.6. The van der Waals surface area contributed by atoms with Crippen molar-refractivity contribution in [1.82, 2.24) is 9.80 Å². The van der Waals surface area contributed by atoms with E-state index in [4.69, 9.17) is 4.74 Å². The van der Waals surface area contributed by atoms with E-state index in [1.807, 2.05) is 7.11 Å². The maximum Gasteiger partial charge on any atom is 0.0571 e. The van der Waals surface area contributed by atoms with Crippen molar-refractivity contribution in [3.63, 3.8) is 0 Å². The summed E-state index contributed by atoms with van der Waals surface area (Å²) in [5.74, 6) is 0.974. The second kappa shape index (κ2) is 9.24. The summed E-state index contributed by atoms with van der Waals surface area (Å²) >= 11 is 0. The predicted molar refractivity (Wildman–Crippen MR) is 94.4 cm³/mol. The number of ether oxygens (including phenoxy) is 1. The summed E-state index contributed by atoms with van der Waals surface area (Å²) in [5, 5.41) is 0. The molecule has 1 aliphatic heterocycles. The Morgan fingerprint density at radius 3 is 2.36 bits per heavy atom. The lowest BCUT2D eigenvalue weighted by atomic mass is 9.84. The van der Waals surface area contributed by atoms with Crippen molar-refractivity contribution in [2.24, 2.45) is 5.92 Å². The standard InChI is InChI=1S/C19H38N2O/c1-16(2)21-14-13-20(17(3)15-21)12-6-5-7-18-8-10-19(22-4)11-9-18/h16-19H,5-15H2,1-4H3/t17-,18?,19?/m0/s1. The molecule has 2 rings (SSSR count). The second-order valence-electron chi connectivity index (χ2n) is 7.85. The summed E-state index contributed by atoms with van der Waals surface area (Å²) in [4.78, 5) is 5.33. The van der Waals surface area contributed by atoms with Gasteiger partial charge in [0.1, 0.15) is 0 Å². The van der Waals surface area contributed by atoms with Crippen LogP contribution in [0.2, 0.25) is 0 Å². The quantitative estimate of drug-likeness (QED) is 0.666. The van der Waals surface area contributed by atoms with Crippen LogP contribution >= 0.6 is 0 Å². The summed E-state index contributed by atoms with van der Waals surface area (Å²) in [6.07, 6.45) is 10.1. The Labute approximate surface area is 138 Å². The van der Waals surface area contributed by atoms with Crippen LogP contribution in [-0.2, 0) is 4.74 Å². The van der Waals surface area contributed by atoms with E-state index in [9.17, 15) is 0 Å². The maximum absolute atomic E-state index is 5.47. The van der Waals surface area contributed by atoms with Crippen LogP contribution in [0.15, 0.2) is 0 Å². The molecule has 130 valence electrons. The number of unbranched alkanes of at least 4 members (excludes halogenated alkanes) is 1. The van der Waals surface area contributed by atoms with E-state index in [1.165, 1.54) is 71.1 Å². The summed E-state index contributed by atoms with van der Waals surface area (Å²) < 4.78 is 5.47. The van der Waals surface area contributed by atoms with Gasteiger partial charge in [-0.25, -0.2) is 0 Å². The minimum absolute atomic E-state index is 0.550. The van der Waals surface area contributed by atoms with Gasteiger partial charge in [0.15, 0.2) is 0 Å². The van der Waals surface area contributed by atoms with Crippen molar-refractivity contribution >= 4 is 0 Å². The lowest BCUT2D eigenvalue weighted by Crippen LogP contribution is -2.53. The number of hydrogen-bond donors (Lipinski definition) is 0. The summed E-state index contributed by atoms with van der Waals surface area (Å²) in [7, 11) is 1.87. The SMILES string of the molecule is COC1CCC(CCCCN2CCN(C(C)C)C[C@@H]2C)CC1. The minimum Gasteiger partial charge on any atom is -0.381 e. The molecule has 2 aliphatic rings. The first-order valence-electron chi connectivity index (χ1n) is 9.61. The van der Waals surface area contributed by atoms with E-state index in [0.29, 0.717) is 12.1 Å². The Hall–Kier alpha value is -0.120. The van der Waals surface area contributed by atoms with Gasteiger partial charge in [0.2, 0.25) is 0 Å². The van der Waals surface area contributed by atoms with Crippen LogP contribution in [0.4, 0.5) is 0 Å². The largest absolute Gasteiger partial charge is 0.381 e. The molecule has 1 saturated carbocycles. The molecule has 1 heterocycles. The zero-order valence-electron chi connectivity index (χ0n) is 15.4. The highest BCUT2D eigenvalue weighted by Gasteiger charge is 2.25. The van der Waals surface area contributed by atoms with Gasteiger partial charge in [0.25, 0.3) is 0 Å². The Morgan fingerprint density at radius 2 is 1.77 bits per heavy atom. The zero-order chi connectivity index (χ0) is 15.9. The molecule has 2 fully saturated rings. The molecule has 0 aromatic carbocycles. The number of rotatable bonds is 7. The number of nitrogens with zero attached hydrogens (tertiary/aromatic N) is 2. The molecule has 3 heteroatoms. The van der Waals surface area contributed by atoms with Crippen LogP contribution in [0.25, 0.3) is 0 Å². The Balaban J connectivity index is 1.56. The first kappa shape index (κ1) is 18.2. The highest BCUT2D eigenvalue weighted by Crippen LogP contribution is 2.29. The number of methoxy groups -OCH3 is 1. The molecule has 0 aromatic rings. The third kappa shape index (κ3) is 5.50. The highest BCUT2D eigenvalue weighted by molar-refractivity contribution is 4.81. The van der Waals surface area contributed by atoms with Crippen molar-refractivity contribution in [2.75, 3.05) is 33.3 Å². The van der Waals surface area contributed by atoms with Crippen molar-refractivity contribution in [3.8, 4) is 0 Å². The highest BCUT2D eigenvalue weighted by atomic mass is 16.5. The van der Waals surface area contributed by atoms with Crippen LogP contribution in [0.5, 0.6) is 0 Å².